The molecule has 1 fully saturated rings. The Kier molecular flexibility index (Phi) is 5.11. The maximum atomic E-state index is 11.9. The lowest BCUT2D eigenvalue weighted by molar-refractivity contribution is -0.116. The highest BCUT2D eigenvalue weighted by Gasteiger charge is 2.25. The minimum atomic E-state index is -0.549. The number of imide groups is 1. The van der Waals surface area contributed by atoms with Gasteiger partial charge in [0.05, 0.1) is 4.91 Å². The Balaban J connectivity index is 1.62. The number of anilines is 1. The average molecular weight is 350 g/mol. The fourth-order valence-electron chi connectivity index (χ4n) is 2.15. The minimum absolute atomic E-state index is 0.0879. The second-order valence-electron chi connectivity index (χ2n) is 5.21. The van der Waals surface area contributed by atoms with Crippen molar-refractivity contribution in [3.05, 3.63) is 76.7 Å². The topological polar surface area (TPSA) is 75.3 Å². The van der Waals surface area contributed by atoms with Gasteiger partial charge in [-0.3, -0.25) is 19.7 Å². The van der Waals surface area contributed by atoms with Crippen LogP contribution in [0.4, 0.5) is 10.5 Å². The highest BCUT2D eigenvalue weighted by molar-refractivity contribution is 8.18. The van der Waals surface area contributed by atoms with Gasteiger partial charge in [0.2, 0.25) is 5.91 Å². The summed E-state index contributed by atoms with van der Waals surface area (Å²) in [5.74, 6) is -1.01. The lowest BCUT2D eigenvalue weighted by Crippen LogP contribution is -2.18. The van der Waals surface area contributed by atoms with Gasteiger partial charge < -0.3 is 5.32 Å². The zero-order valence-corrected chi connectivity index (χ0v) is 13.9. The molecular formula is C19H14N2O3S. The summed E-state index contributed by atoms with van der Waals surface area (Å²) < 4.78 is 0. The van der Waals surface area contributed by atoms with Gasteiger partial charge in [-0.15, -0.1) is 0 Å². The van der Waals surface area contributed by atoms with E-state index in [0.717, 1.165) is 17.2 Å². The van der Waals surface area contributed by atoms with Crippen molar-refractivity contribution < 1.29 is 14.4 Å². The molecule has 0 bridgehead atoms. The molecule has 3 rings (SSSR count). The molecule has 124 valence electrons. The van der Waals surface area contributed by atoms with Crippen LogP contribution in [0.2, 0.25) is 0 Å². The summed E-state index contributed by atoms with van der Waals surface area (Å²) in [6, 6.07) is 17.2. The van der Waals surface area contributed by atoms with E-state index in [1.807, 2.05) is 54.6 Å². The molecule has 0 spiro atoms. The normalized spacial score (nSPS) is 15.6. The molecule has 25 heavy (non-hydrogen) atoms. The molecule has 0 aliphatic carbocycles. The van der Waals surface area contributed by atoms with Gasteiger partial charge >= 0.3 is 0 Å². The van der Waals surface area contributed by atoms with Crippen molar-refractivity contribution in [2.24, 2.45) is 0 Å². The van der Waals surface area contributed by atoms with Crippen molar-refractivity contribution >= 4 is 46.7 Å². The zero-order chi connectivity index (χ0) is 17.6. The number of rotatable bonds is 4. The first-order valence-corrected chi connectivity index (χ1v) is 8.31. The number of hydrogen-bond acceptors (Lipinski definition) is 4. The molecule has 1 heterocycles. The largest absolute Gasteiger partial charge is 0.322 e. The standard InChI is InChI=1S/C19H14N2O3S/c22-17(12-16-18(23)21-19(24)25-16)20-15-10-8-14(9-11-15)7-6-13-4-2-1-3-5-13/h1-12H,(H,20,22)(H,21,23,24)/b7-6+,16-12-. The molecule has 0 radical (unpaired) electrons. The molecule has 6 heteroatoms. The van der Waals surface area contributed by atoms with Crippen LogP contribution in [0, 0.1) is 0 Å². The third-order valence-corrected chi connectivity index (χ3v) is 4.16. The Morgan fingerprint density at radius 3 is 2.16 bits per heavy atom. The predicted octanol–water partition coefficient (Wildman–Crippen LogP) is 3.66. The summed E-state index contributed by atoms with van der Waals surface area (Å²) in [4.78, 5) is 34.5. The highest BCUT2D eigenvalue weighted by Crippen LogP contribution is 2.23. The zero-order valence-electron chi connectivity index (χ0n) is 13.1. The van der Waals surface area contributed by atoms with E-state index in [1.165, 1.54) is 0 Å². The third-order valence-electron chi connectivity index (χ3n) is 3.35. The van der Waals surface area contributed by atoms with Crippen LogP contribution < -0.4 is 10.6 Å². The van der Waals surface area contributed by atoms with Crippen molar-refractivity contribution in [2.75, 3.05) is 5.32 Å². The summed E-state index contributed by atoms with van der Waals surface area (Å²) in [5, 5.41) is 4.29. The van der Waals surface area contributed by atoms with Crippen LogP contribution in [-0.4, -0.2) is 17.1 Å². The summed E-state index contributed by atoms with van der Waals surface area (Å²) in [7, 11) is 0. The molecule has 0 unspecified atom stereocenters. The quantitative estimate of drug-likeness (QED) is 0.652. The lowest BCUT2D eigenvalue weighted by Gasteiger charge is -2.03. The van der Waals surface area contributed by atoms with Gasteiger partial charge in [0.1, 0.15) is 0 Å². The van der Waals surface area contributed by atoms with E-state index in [4.69, 9.17) is 0 Å². The number of amides is 3. The van der Waals surface area contributed by atoms with E-state index >= 15 is 0 Å². The lowest BCUT2D eigenvalue weighted by atomic mass is 10.1. The van der Waals surface area contributed by atoms with Crippen molar-refractivity contribution in [3.63, 3.8) is 0 Å². The van der Waals surface area contributed by atoms with Gasteiger partial charge in [-0.2, -0.15) is 0 Å². The Bertz CT molecular complexity index is 871. The number of hydrogen-bond donors (Lipinski definition) is 2. The molecular weight excluding hydrogens is 336 g/mol. The summed E-state index contributed by atoms with van der Waals surface area (Å²) in [6.45, 7) is 0. The van der Waals surface area contributed by atoms with Crippen LogP contribution in [0.3, 0.4) is 0 Å². The fourth-order valence-corrected chi connectivity index (χ4v) is 2.81. The Labute approximate surface area is 148 Å². The number of thioether (sulfide) groups is 1. The Morgan fingerprint density at radius 2 is 1.56 bits per heavy atom. The van der Waals surface area contributed by atoms with Gasteiger partial charge in [0, 0.05) is 11.8 Å². The van der Waals surface area contributed by atoms with Crippen LogP contribution in [0.15, 0.2) is 65.6 Å². The van der Waals surface area contributed by atoms with Gasteiger partial charge in [-0.05, 0) is 35.0 Å². The number of nitrogens with one attached hydrogen (secondary N) is 2. The van der Waals surface area contributed by atoms with Crippen LogP contribution in [0.25, 0.3) is 12.2 Å². The Morgan fingerprint density at radius 1 is 0.920 bits per heavy atom. The molecule has 3 amide bonds. The van der Waals surface area contributed by atoms with Crippen LogP contribution in [-0.2, 0) is 9.59 Å². The smallest absolute Gasteiger partial charge is 0.290 e. The average Bonchev–Trinajstić information content (AvgIpc) is 2.92. The molecule has 0 atom stereocenters. The van der Waals surface area contributed by atoms with Crippen molar-refractivity contribution in [2.45, 2.75) is 0 Å². The maximum Gasteiger partial charge on any atom is 0.290 e. The van der Waals surface area contributed by atoms with Gasteiger partial charge in [0.25, 0.3) is 11.1 Å². The number of benzene rings is 2. The fraction of sp³-hybridized carbons (Fsp3) is 0. The summed E-state index contributed by atoms with van der Waals surface area (Å²) in [6.07, 6.45) is 5.10. The van der Waals surface area contributed by atoms with Gasteiger partial charge in [0.15, 0.2) is 0 Å². The van der Waals surface area contributed by atoms with E-state index in [2.05, 4.69) is 10.6 Å². The van der Waals surface area contributed by atoms with E-state index < -0.39 is 17.1 Å². The predicted molar refractivity (Wildman–Crippen MR) is 99.7 cm³/mol. The first-order valence-electron chi connectivity index (χ1n) is 7.49. The maximum absolute atomic E-state index is 11.9. The van der Waals surface area contributed by atoms with Crippen molar-refractivity contribution in [1.82, 2.24) is 5.32 Å². The molecule has 2 N–H and O–H groups in total. The third kappa shape index (κ3) is 4.68. The molecule has 2 aromatic rings. The second-order valence-corrected chi connectivity index (χ2v) is 6.22. The molecule has 2 aromatic carbocycles. The van der Waals surface area contributed by atoms with Gasteiger partial charge in [-0.25, -0.2) is 0 Å². The van der Waals surface area contributed by atoms with E-state index in [-0.39, 0.29) is 4.91 Å². The first kappa shape index (κ1) is 16.7. The van der Waals surface area contributed by atoms with Crippen LogP contribution in [0.1, 0.15) is 11.1 Å². The SMILES string of the molecule is O=C(/C=C1\SC(=O)NC1=O)Nc1ccc(/C=C/c2ccccc2)cc1. The highest BCUT2D eigenvalue weighted by atomic mass is 32.2. The molecule has 1 saturated heterocycles. The molecule has 1 aliphatic heterocycles. The van der Waals surface area contributed by atoms with Crippen LogP contribution in [0.5, 0.6) is 0 Å². The van der Waals surface area contributed by atoms with Gasteiger partial charge in [-0.1, -0.05) is 54.6 Å². The van der Waals surface area contributed by atoms with E-state index in [1.54, 1.807) is 12.1 Å². The molecule has 5 nitrogen and oxygen atoms in total. The van der Waals surface area contributed by atoms with E-state index in [0.29, 0.717) is 17.4 Å². The van der Waals surface area contributed by atoms with E-state index in [9.17, 15) is 14.4 Å². The van der Waals surface area contributed by atoms with Crippen LogP contribution >= 0.6 is 11.8 Å². The molecule has 1 aliphatic rings. The monoisotopic (exact) mass is 350 g/mol. The molecule has 0 aromatic heterocycles. The molecule has 0 saturated carbocycles. The van der Waals surface area contributed by atoms with Crippen molar-refractivity contribution in [3.8, 4) is 0 Å². The summed E-state index contributed by atoms with van der Waals surface area (Å²) in [5.41, 5.74) is 2.71. The van der Waals surface area contributed by atoms with Crippen molar-refractivity contribution in [1.29, 1.82) is 0 Å². The Hall–Kier alpha value is -3.12. The number of carbonyl (C=O) groups excluding carboxylic acids is 3. The second kappa shape index (κ2) is 7.63. The summed E-state index contributed by atoms with van der Waals surface area (Å²) >= 11 is 0.711. The minimum Gasteiger partial charge on any atom is -0.322 e. The first-order chi connectivity index (χ1) is 12.1. The number of carbonyl (C=O) groups is 3.